The van der Waals surface area contributed by atoms with Crippen molar-refractivity contribution in [2.45, 2.75) is 11.7 Å². The predicted octanol–water partition coefficient (Wildman–Crippen LogP) is 3.66. The second-order valence-corrected chi connectivity index (χ2v) is 6.49. The highest BCUT2D eigenvalue weighted by molar-refractivity contribution is 7.99. The fourth-order valence-electron chi connectivity index (χ4n) is 2.16. The van der Waals surface area contributed by atoms with Gasteiger partial charge in [0.1, 0.15) is 17.5 Å². The Morgan fingerprint density at radius 3 is 2.67 bits per heavy atom. The number of carbonyl (C=O) groups is 1. The molecule has 0 aliphatic heterocycles. The maximum Gasteiger partial charge on any atom is 0.230 e. The normalized spacial score (nSPS) is 11.0. The zero-order valence-corrected chi connectivity index (χ0v) is 15.0. The summed E-state index contributed by atoms with van der Waals surface area (Å²) < 4.78 is 26.4. The van der Waals surface area contributed by atoms with Crippen molar-refractivity contribution < 1.29 is 13.6 Å². The predicted molar refractivity (Wildman–Crippen MR) is 101 cm³/mol. The van der Waals surface area contributed by atoms with Crippen molar-refractivity contribution in [2.75, 3.05) is 5.75 Å². The molecule has 1 heterocycles. The van der Waals surface area contributed by atoms with E-state index >= 15 is 0 Å². The molecule has 3 rings (SSSR count). The van der Waals surface area contributed by atoms with Crippen LogP contribution in [-0.2, 0) is 11.3 Å². The van der Waals surface area contributed by atoms with Gasteiger partial charge in [0.25, 0.3) is 0 Å². The molecule has 0 atom stereocenters. The smallest absolute Gasteiger partial charge is 0.230 e. The van der Waals surface area contributed by atoms with Crippen molar-refractivity contribution in [3.05, 3.63) is 77.1 Å². The molecule has 27 heavy (non-hydrogen) atoms. The molecule has 138 valence electrons. The van der Waals surface area contributed by atoms with E-state index in [-0.39, 0.29) is 29.8 Å². The highest BCUT2D eigenvalue weighted by Crippen LogP contribution is 2.14. The van der Waals surface area contributed by atoms with Crippen LogP contribution in [0, 0.1) is 11.6 Å². The van der Waals surface area contributed by atoms with Gasteiger partial charge in [0, 0.05) is 12.1 Å². The number of aromatic nitrogens is 3. The van der Waals surface area contributed by atoms with E-state index < -0.39 is 0 Å². The molecule has 2 N–H and O–H groups in total. The number of H-pyrrole nitrogens is 1. The molecule has 0 radical (unpaired) electrons. The first-order valence-corrected chi connectivity index (χ1v) is 9.07. The molecule has 0 unspecified atom stereocenters. The maximum absolute atomic E-state index is 13.5. The lowest BCUT2D eigenvalue weighted by Gasteiger charge is -2.05. The van der Waals surface area contributed by atoms with Gasteiger partial charge in [-0.1, -0.05) is 48.2 Å². The molecule has 0 aliphatic carbocycles. The molecule has 0 aliphatic rings. The number of benzene rings is 2. The molecule has 0 spiro atoms. The quantitative estimate of drug-likeness (QED) is 0.608. The first-order chi connectivity index (χ1) is 13.1. The summed E-state index contributed by atoms with van der Waals surface area (Å²) in [4.78, 5) is 16.1. The fraction of sp³-hybridized carbons (Fsp3) is 0.105. The van der Waals surface area contributed by atoms with Crippen molar-refractivity contribution in [3.8, 4) is 0 Å². The molecule has 0 fully saturated rings. The lowest BCUT2D eigenvalue weighted by atomic mass is 10.2. The molecular formula is C19H16F2N4OS. The van der Waals surface area contributed by atoms with Crippen LogP contribution in [0.3, 0.4) is 0 Å². The molecule has 0 saturated carbocycles. The van der Waals surface area contributed by atoms with Gasteiger partial charge in [-0.2, -0.15) is 0 Å². The van der Waals surface area contributed by atoms with Crippen LogP contribution in [0.15, 0.2) is 53.7 Å². The number of hydrogen-bond acceptors (Lipinski definition) is 4. The lowest BCUT2D eigenvalue weighted by Crippen LogP contribution is -2.25. The Morgan fingerprint density at radius 2 is 1.89 bits per heavy atom. The summed E-state index contributed by atoms with van der Waals surface area (Å²) >= 11 is 1.17. The van der Waals surface area contributed by atoms with Crippen LogP contribution in [0.25, 0.3) is 12.2 Å². The van der Waals surface area contributed by atoms with Gasteiger partial charge in [-0.25, -0.2) is 13.8 Å². The van der Waals surface area contributed by atoms with Crippen LogP contribution in [-0.4, -0.2) is 26.8 Å². The number of carbonyl (C=O) groups excluding carboxylic acids is 1. The largest absolute Gasteiger partial charge is 0.351 e. The molecular weight excluding hydrogens is 370 g/mol. The van der Waals surface area contributed by atoms with Gasteiger partial charge < -0.3 is 5.32 Å². The minimum atomic E-state index is -0.350. The summed E-state index contributed by atoms with van der Waals surface area (Å²) in [6, 6.07) is 12.3. The summed E-state index contributed by atoms with van der Waals surface area (Å²) in [5.41, 5.74) is 1.26. The SMILES string of the molecule is O=C(CSc1n[nH]c(/C=C\c2ccc(F)cc2)n1)NCc1ccccc1F. The number of thioether (sulfide) groups is 1. The summed E-state index contributed by atoms with van der Waals surface area (Å²) in [5.74, 6) is -0.242. The zero-order chi connectivity index (χ0) is 19.1. The van der Waals surface area contributed by atoms with E-state index in [1.807, 2.05) is 0 Å². The Morgan fingerprint density at radius 1 is 1.11 bits per heavy atom. The molecule has 3 aromatic rings. The third kappa shape index (κ3) is 5.75. The average molecular weight is 386 g/mol. The monoisotopic (exact) mass is 386 g/mol. The average Bonchev–Trinajstić information content (AvgIpc) is 3.13. The fourth-order valence-corrected chi connectivity index (χ4v) is 2.80. The van der Waals surface area contributed by atoms with Gasteiger partial charge in [-0.05, 0) is 29.8 Å². The molecule has 5 nitrogen and oxygen atoms in total. The minimum absolute atomic E-state index is 0.118. The molecule has 2 aromatic carbocycles. The number of hydrogen-bond donors (Lipinski definition) is 2. The Balaban J connectivity index is 1.47. The van der Waals surface area contributed by atoms with E-state index in [0.29, 0.717) is 16.5 Å². The third-order valence-electron chi connectivity index (χ3n) is 3.55. The highest BCUT2D eigenvalue weighted by atomic mass is 32.2. The summed E-state index contributed by atoms with van der Waals surface area (Å²) in [6.07, 6.45) is 3.48. The molecule has 8 heteroatoms. The van der Waals surface area contributed by atoms with Gasteiger partial charge in [-0.15, -0.1) is 5.10 Å². The topological polar surface area (TPSA) is 70.7 Å². The van der Waals surface area contributed by atoms with Crippen LogP contribution in [0.5, 0.6) is 0 Å². The Hall–Kier alpha value is -3.00. The van der Waals surface area contributed by atoms with Crippen molar-refractivity contribution in [2.24, 2.45) is 0 Å². The number of aromatic amines is 1. The van der Waals surface area contributed by atoms with Gasteiger partial charge in [0.2, 0.25) is 11.1 Å². The first kappa shape index (κ1) is 18.8. The molecule has 1 aromatic heterocycles. The molecule has 0 bridgehead atoms. The van der Waals surface area contributed by atoms with E-state index in [9.17, 15) is 13.6 Å². The number of halogens is 2. The van der Waals surface area contributed by atoms with Gasteiger partial charge in [0.15, 0.2) is 0 Å². The van der Waals surface area contributed by atoms with Crippen molar-refractivity contribution in [1.29, 1.82) is 0 Å². The second kappa shape index (κ2) is 9.09. The van der Waals surface area contributed by atoms with Crippen LogP contribution in [0.4, 0.5) is 8.78 Å². The van der Waals surface area contributed by atoms with E-state index in [1.165, 1.54) is 30.0 Å². The van der Waals surface area contributed by atoms with E-state index in [2.05, 4.69) is 20.5 Å². The standard InChI is InChI=1S/C19H16F2N4OS/c20-15-8-5-13(6-9-15)7-10-17-23-19(25-24-17)27-12-18(26)22-11-14-3-1-2-4-16(14)21/h1-10H,11-12H2,(H,22,26)(H,23,24,25)/b10-7-. The van der Waals surface area contributed by atoms with Crippen molar-refractivity contribution in [3.63, 3.8) is 0 Å². The van der Waals surface area contributed by atoms with Crippen LogP contribution in [0.2, 0.25) is 0 Å². The number of nitrogens with zero attached hydrogens (tertiary/aromatic N) is 2. The highest BCUT2D eigenvalue weighted by Gasteiger charge is 2.08. The Bertz CT molecular complexity index is 941. The Kier molecular flexibility index (Phi) is 6.32. The summed E-state index contributed by atoms with van der Waals surface area (Å²) in [6.45, 7) is 0.131. The van der Waals surface area contributed by atoms with Gasteiger partial charge in [-0.3, -0.25) is 9.89 Å². The number of amides is 1. The van der Waals surface area contributed by atoms with E-state index in [4.69, 9.17) is 0 Å². The maximum atomic E-state index is 13.5. The number of rotatable bonds is 7. The van der Waals surface area contributed by atoms with Gasteiger partial charge >= 0.3 is 0 Å². The summed E-state index contributed by atoms with van der Waals surface area (Å²) in [5, 5.41) is 9.86. The van der Waals surface area contributed by atoms with Crippen molar-refractivity contribution >= 4 is 29.8 Å². The van der Waals surface area contributed by atoms with Gasteiger partial charge in [0.05, 0.1) is 5.75 Å². The zero-order valence-electron chi connectivity index (χ0n) is 14.2. The van der Waals surface area contributed by atoms with Crippen LogP contribution >= 0.6 is 11.8 Å². The second-order valence-electron chi connectivity index (χ2n) is 5.54. The molecule has 1 amide bonds. The van der Waals surface area contributed by atoms with E-state index in [1.54, 1.807) is 42.5 Å². The third-order valence-corrected chi connectivity index (χ3v) is 4.40. The molecule has 0 saturated heterocycles. The Labute approximate surface area is 158 Å². The number of nitrogens with one attached hydrogen (secondary N) is 2. The van der Waals surface area contributed by atoms with Crippen molar-refractivity contribution in [1.82, 2.24) is 20.5 Å². The van der Waals surface area contributed by atoms with E-state index in [0.717, 1.165) is 5.56 Å². The van der Waals surface area contributed by atoms with Crippen LogP contribution < -0.4 is 5.32 Å². The first-order valence-electron chi connectivity index (χ1n) is 8.09. The lowest BCUT2D eigenvalue weighted by molar-refractivity contribution is -0.118. The minimum Gasteiger partial charge on any atom is -0.351 e. The van der Waals surface area contributed by atoms with Crippen LogP contribution in [0.1, 0.15) is 17.0 Å². The summed E-state index contributed by atoms with van der Waals surface area (Å²) in [7, 11) is 0.